The van der Waals surface area contributed by atoms with Crippen LogP contribution in [0.5, 0.6) is 0 Å². The molecule has 0 aliphatic carbocycles. The summed E-state index contributed by atoms with van der Waals surface area (Å²) in [6.07, 6.45) is 0. The summed E-state index contributed by atoms with van der Waals surface area (Å²) in [5.41, 5.74) is 4.01. The van der Waals surface area contributed by atoms with E-state index in [-0.39, 0.29) is 5.69 Å². The number of carboxylic acids is 1. The molecule has 0 aliphatic heterocycles. The number of hydrogen-bond acceptors (Lipinski definition) is 2. The topological polar surface area (TPSA) is 70.9 Å². The normalized spacial score (nSPS) is 11.3. The molecule has 0 aliphatic rings. The SMILES string of the molecule is CCn1c2ccccc2c2cc(-c3cc(C(=O)O)[nH]n3)ccc21. The second kappa shape index (κ2) is 4.98. The first-order valence-electron chi connectivity index (χ1n) is 7.49. The van der Waals surface area contributed by atoms with Gasteiger partial charge in [0.25, 0.3) is 0 Å². The lowest BCUT2D eigenvalue weighted by atomic mass is 10.1. The van der Waals surface area contributed by atoms with Gasteiger partial charge in [0.15, 0.2) is 0 Å². The number of carboxylic acid groups (broad SMARTS) is 1. The van der Waals surface area contributed by atoms with Crippen LogP contribution in [0.2, 0.25) is 0 Å². The summed E-state index contributed by atoms with van der Waals surface area (Å²) in [6, 6.07) is 16.0. The van der Waals surface area contributed by atoms with Gasteiger partial charge in [0.2, 0.25) is 0 Å². The third kappa shape index (κ3) is 2.01. The lowest BCUT2D eigenvalue weighted by Gasteiger charge is -2.03. The minimum Gasteiger partial charge on any atom is -0.477 e. The zero-order valence-electron chi connectivity index (χ0n) is 12.6. The second-order valence-corrected chi connectivity index (χ2v) is 5.47. The number of para-hydroxylation sites is 1. The third-order valence-corrected chi connectivity index (χ3v) is 4.19. The summed E-state index contributed by atoms with van der Waals surface area (Å²) in [5.74, 6) is -1.01. The Balaban J connectivity index is 1.96. The fourth-order valence-electron chi connectivity index (χ4n) is 3.13. The Hall–Kier alpha value is -3.08. The van der Waals surface area contributed by atoms with E-state index in [1.165, 1.54) is 16.4 Å². The number of aryl methyl sites for hydroxylation is 1. The Labute approximate surface area is 132 Å². The molecule has 23 heavy (non-hydrogen) atoms. The van der Waals surface area contributed by atoms with E-state index >= 15 is 0 Å². The highest BCUT2D eigenvalue weighted by molar-refractivity contribution is 6.09. The lowest BCUT2D eigenvalue weighted by molar-refractivity contribution is 0.0690. The highest BCUT2D eigenvalue weighted by Gasteiger charge is 2.13. The van der Waals surface area contributed by atoms with E-state index in [1.807, 2.05) is 18.2 Å². The van der Waals surface area contributed by atoms with Crippen molar-refractivity contribution in [2.45, 2.75) is 13.5 Å². The van der Waals surface area contributed by atoms with Gasteiger partial charge in [0, 0.05) is 33.9 Å². The van der Waals surface area contributed by atoms with Crippen LogP contribution in [0.1, 0.15) is 17.4 Å². The molecule has 0 saturated carbocycles. The van der Waals surface area contributed by atoms with Gasteiger partial charge in [-0.05, 0) is 31.2 Å². The van der Waals surface area contributed by atoms with Crippen molar-refractivity contribution in [3.8, 4) is 11.3 Å². The van der Waals surface area contributed by atoms with Crippen LogP contribution >= 0.6 is 0 Å². The van der Waals surface area contributed by atoms with Crippen LogP contribution in [-0.4, -0.2) is 25.8 Å². The number of rotatable bonds is 3. The molecule has 0 radical (unpaired) electrons. The van der Waals surface area contributed by atoms with E-state index in [2.05, 4.69) is 46.0 Å². The molecule has 0 bridgehead atoms. The smallest absolute Gasteiger partial charge is 0.353 e. The summed E-state index contributed by atoms with van der Waals surface area (Å²) < 4.78 is 2.28. The lowest BCUT2D eigenvalue weighted by Crippen LogP contribution is -1.95. The van der Waals surface area contributed by atoms with Gasteiger partial charge in [0.05, 0.1) is 5.69 Å². The maximum Gasteiger partial charge on any atom is 0.353 e. The van der Waals surface area contributed by atoms with Crippen molar-refractivity contribution < 1.29 is 9.90 Å². The predicted molar refractivity (Wildman–Crippen MR) is 89.7 cm³/mol. The highest BCUT2D eigenvalue weighted by Crippen LogP contribution is 2.32. The van der Waals surface area contributed by atoms with Gasteiger partial charge in [-0.1, -0.05) is 24.3 Å². The molecule has 0 spiro atoms. The van der Waals surface area contributed by atoms with Crippen LogP contribution in [0.3, 0.4) is 0 Å². The number of carbonyl (C=O) groups is 1. The molecule has 2 heterocycles. The molecule has 0 atom stereocenters. The van der Waals surface area contributed by atoms with E-state index < -0.39 is 5.97 Å². The Morgan fingerprint density at radius 3 is 2.65 bits per heavy atom. The maximum atomic E-state index is 11.0. The van der Waals surface area contributed by atoms with Crippen LogP contribution in [-0.2, 0) is 6.54 Å². The van der Waals surface area contributed by atoms with Crippen LogP contribution in [0.15, 0.2) is 48.5 Å². The number of hydrogen-bond donors (Lipinski definition) is 2. The van der Waals surface area contributed by atoms with Crippen molar-refractivity contribution in [3.05, 3.63) is 54.2 Å². The molecule has 2 aromatic heterocycles. The summed E-state index contributed by atoms with van der Waals surface area (Å²) in [6.45, 7) is 3.03. The van der Waals surface area contributed by atoms with Crippen LogP contribution in [0.25, 0.3) is 33.1 Å². The Kier molecular flexibility index (Phi) is 2.94. The van der Waals surface area contributed by atoms with Crippen molar-refractivity contribution in [2.75, 3.05) is 0 Å². The molecular weight excluding hydrogens is 290 g/mol. The third-order valence-electron chi connectivity index (χ3n) is 4.19. The second-order valence-electron chi connectivity index (χ2n) is 5.47. The van der Waals surface area contributed by atoms with Gasteiger partial charge in [-0.3, -0.25) is 5.10 Å². The monoisotopic (exact) mass is 305 g/mol. The number of benzene rings is 2. The molecule has 2 aromatic carbocycles. The van der Waals surface area contributed by atoms with E-state index in [4.69, 9.17) is 5.11 Å². The number of aromatic amines is 1. The fraction of sp³-hybridized carbons (Fsp3) is 0.111. The van der Waals surface area contributed by atoms with Crippen molar-refractivity contribution in [2.24, 2.45) is 0 Å². The summed E-state index contributed by atoms with van der Waals surface area (Å²) in [7, 11) is 0. The zero-order chi connectivity index (χ0) is 16.0. The molecule has 0 unspecified atom stereocenters. The first-order valence-corrected chi connectivity index (χ1v) is 7.49. The van der Waals surface area contributed by atoms with Crippen LogP contribution < -0.4 is 0 Å². The van der Waals surface area contributed by atoms with E-state index in [9.17, 15) is 4.79 Å². The largest absolute Gasteiger partial charge is 0.477 e. The number of aromatic nitrogens is 3. The first-order chi connectivity index (χ1) is 11.2. The van der Waals surface area contributed by atoms with Crippen molar-refractivity contribution in [1.82, 2.24) is 14.8 Å². The number of nitrogens with one attached hydrogen (secondary N) is 1. The molecule has 4 aromatic rings. The van der Waals surface area contributed by atoms with E-state index in [0.29, 0.717) is 5.69 Å². The summed E-state index contributed by atoms with van der Waals surface area (Å²) in [5, 5.41) is 18.0. The number of nitrogens with zero attached hydrogens (tertiary/aromatic N) is 2. The average Bonchev–Trinajstić information content (AvgIpc) is 3.17. The van der Waals surface area contributed by atoms with Crippen LogP contribution in [0, 0.1) is 0 Å². The van der Waals surface area contributed by atoms with Crippen molar-refractivity contribution in [3.63, 3.8) is 0 Å². The average molecular weight is 305 g/mol. The molecule has 0 amide bonds. The predicted octanol–water partition coefficient (Wildman–Crippen LogP) is 3.90. The first kappa shape index (κ1) is 13.6. The molecule has 0 saturated heterocycles. The molecule has 5 heteroatoms. The minimum atomic E-state index is -1.01. The number of H-pyrrole nitrogens is 1. The van der Waals surface area contributed by atoms with Gasteiger partial charge in [-0.15, -0.1) is 0 Å². The zero-order valence-corrected chi connectivity index (χ0v) is 12.6. The standard InChI is InChI=1S/C18H15N3O2/c1-2-21-16-6-4-3-5-12(16)13-9-11(7-8-17(13)21)14-10-15(18(22)23)20-19-14/h3-10H,2H2,1H3,(H,19,20)(H,22,23). The Bertz CT molecular complexity index is 1040. The number of aromatic carboxylic acids is 1. The van der Waals surface area contributed by atoms with Crippen molar-refractivity contribution in [1.29, 1.82) is 0 Å². The molecule has 0 fully saturated rings. The molecular formula is C18H15N3O2. The molecule has 5 nitrogen and oxygen atoms in total. The van der Waals surface area contributed by atoms with Crippen LogP contribution in [0.4, 0.5) is 0 Å². The van der Waals surface area contributed by atoms with Gasteiger partial charge in [-0.2, -0.15) is 5.10 Å². The fourth-order valence-corrected chi connectivity index (χ4v) is 3.13. The van der Waals surface area contributed by atoms with Crippen molar-refractivity contribution >= 4 is 27.8 Å². The Morgan fingerprint density at radius 1 is 1.13 bits per heavy atom. The van der Waals surface area contributed by atoms with E-state index in [0.717, 1.165) is 17.5 Å². The van der Waals surface area contributed by atoms with Gasteiger partial charge in [-0.25, -0.2) is 4.79 Å². The molecule has 4 rings (SSSR count). The maximum absolute atomic E-state index is 11.0. The quantitative estimate of drug-likeness (QED) is 0.603. The highest BCUT2D eigenvalue weighted by atomic mass is 16.4. The van der Waals surface area contributed by atoms with Gasteiger partial charge >= 0.3 is 5.97 Å². The van der Waals surface area contributed by atoms with Gasteiger partial charge < -0.3 is 9.67 Å². The Morgan fingerprint density at radius 2 is 1.91 bits per heavy atom. The summed E-state index contributed by atoms with van der Waals surface area (Å²) >= 11 is 0. The molecule has 2 N–H and O–H groups in total. The number of fused-ring (bicyclic) bond motifs is 3. The van der Waals surface area contributed by atoms with Gasteiger partial charge in [0.1, 0.15) is 5.69 Å². The minimum absolute atomic E-state index is 0.0936. The van der Waals surface area contributed by atoms with E-state index in [1.54, 1.807) is 6.07 Å². The molecule has 114 valence electrons. The summed E-state index contributed by atoms with van der Waals surface area (Å²) in [4.78, 5) is 11.0.